The summed E-state index contributed by atoms with van der Waals surface area (Å²) in [6, 6.07) is 4.24. The van der Waals surface area contributed by atoms with Crippen LogP contribution in [-0.2, 0) is 0 Å². The molecule has 0 radical (unpaired) electrons. The Kier molecular flexibility index (Phi) is 2.51. The van der Waals surface area contributed by atoms with Crippen molar-refractivity contribution < 1.29 is 0 Å². The number of hydrogen-bond acceptors (Lipinski definition) is 1. The van der Waals surface area contributed by atoms with Crippen LogP contribution in [0.2, 0.25) is 0 Å². The molecule has 16 heavy (non-hydrogen) atoms. The van der Waals surface area contributed by atoms with Gasteiger partial charge in [-0.25, -0.2) is 4.98 Å². The van der Waals surface area contributed by atoms with Crippen molar-refractivity contribution in [3.8, 4) is 0 Å². The Bertz CT molecular complexity index is 524. The summed E-state index contributed by atoms with van der Waals surface area (Å²) in [5.41, 5.74) is 2.37. The van der Waals surface area contributed by atoms with Gasteiger partial charge < -0.3 is 4.40 Å². The number of fused-ring (bicyclic) bond motifs is 1. The van der Waals surface area contributed by atoms with Crippen molar-refractivity contribution in [1.29, 1.82) is 0 Å². The minimum absolute atomic E-state index is 0.669. The summed E-state index contributed by atoms with van der Waals surface area (Å²) in [5, 5.41) is 0. The van der Waals surface area contributed by atoms with E-state index >= 15 is 0 Å². The van der Waals surface area contributed by atoms with Crippen LogP contribution >= 0.6 is 15.9 Å². The normalized spacial score (nSPS) is 17.4. The Morgan fingerprint density at radius 3 is 2.88 bits per heavy atom. The summed E-state index contributed by atoms with van der Waals surface area (Å²) >= 11 is 3.52. The average molecular weight is 279 g/mol. The number of aromatic nitrogens is 2. The highest BCUT2D eigenvalue weighted by Gasteiger charge is 2.22. The van der Waals surface area contributed by atoms with E-state index in [9.17, 15) is 0 Å². The van der Waals surface area contributed by atoms with Gasteiger partial charge in [0, 0.05) is 16.6 Å². The predicted molar refractivity (Wildman–Crippen MR) is 68.8 cm³/mol. The van der Waals surface area contributed by atoms with Gasteiger partial charge in [-0.1, -0.05) is 28.8 Å². The zero-order valence-corrected chi connectivity index (χ0v) is 11.0. The SMILES string of the molecule is Cc1nc(C2CCCC2)n2ccc(Br)cc12. The van der Waals surface area contributed by atoms with E-state index in [2.05, 4.69) is 45.6 Å². The topological polar surface area (TPSA) is 17.3 Å². The van der Waals surface area contributed by atoms with Crippen LogP contribution in [0.1, 0.15) is 43.1 Å². The number of nitrogens with zero attached hydrogens (tertiary/aromatic N) is 2. The molecule has 0 bridgehead atoms. The van der Waals surface area contributed by atoms with Crippen LogP contribution in [-0.4, -0.2) is 9.38 Å². The first-order valence-electron chi connectivity index (χ1n) is 5.90. The molecule has 2 heterocycles. The first kappa shape index (κ1) is 10.3. The fraction of sp³-hybridized carbons (Fsp3) is 0.462. The van der Waals surface area contributed by atoms with Gasteiger partial charge in [-0.3, -0.25) is 0 Å². The molecular weight excluding hydrogens is 264 g/mol. The lowest BCUT2D eigenvalue weighted by molar-refractivity contribution is 0.664. The Morgan fingerprint density at radius 1 is 1.38 bits per heavy atom. The number of imidazole rings is 1. The van der Waals surface area contributed by atoms with Crippen molar-refractivity contribution in [3.63, 3.8) is 0 Å². The highest BCUT2D eigenvalue weighted by Crippen LogP contribution is 2.34. The van der Waals surface area contributed by atoms with Crippen molar-refractivity contribution in [2.24, 2.45) is 0 Å². The Morgan fingerprint density at radius 2 is 2.12 bits per heavy atom. The van der Waals surface area contributed by atoms with E-state index < -0.39 is 0 Å². The van der Waals surface area contributed by atoms with E-state index in [4.69, 9.17) is 4.98 Å². The second kappa shape index (κ2) is 3.88. The molecule has 0 amide bonds. The summed E-state index contributed by atoms with van der Waals surface area (Å²) in [4.78, 5) is 4.76. The molecule has 84 valence electrons. The third kappa shape index (κ3) is 1.58. The first-order chi connectivity index (χ1) is 7.75. The van der Waals surface area contributed by atoms with E-state index in [0.29, 0.717) is 5.92 Å². The molecule has 2 aromatic heterocycles. The molecule has 0 spiro atoms. The van der Waals surface area contributed by atoms with E-state index in [0.717, 1.165) is 10.2 Å². The summed E-state index contributed by atoms with van der Waals surface area (Å²) in [6.45, 7) is 2.10. The Labute approximate surface area is 104 Å². The molecule has 2 aromatic rings. The molecule has 0 aromatic carbocycles. The van der Waals surface area contributed by atoms with Gasteiger partial charge in [-0.05, 0) is 31.9 Å². The molecule has 0 aliphatic heterocycles. The lowest BCUT2D eigenvalue weighted by Gasteiger charge is -2.07. The second-order valence-electron chi connectivity index (χ2n) is 4.64. The second-order valence-corrected chi connectivity index (χ2v) is 5.55. The van der Waals surface area contributed by atoms with E-state index in [1.807, 2.05) is 0 Å². The van der Waals surface area contributed by atoms with Crippen LogP contribution in [0, 0.1) is 6.92 Å². The van der Waals surface area contributed by atoms with Crippen LogP contribution in [0.3, 0.4) is 0 Å². The molecule has 3 rings (SSSR count). The Balaban J connectivity index is 2.18. The van der Waals surface area contributed by atoms with Crippen LogP contribution in [0.4, 0.5) is 0 Å². The zero-order chi connectivity index (χ0) is 11.1. The summed E-state index contributed by atoms with van der Waals surface area (Å²) in [5.74, 6) is 1.93. The van der Waals surface area contributed by atoms with Gasteiger partial charge >= 0.3 is 0 Å². The average Bonchev–Trinajstić information content (AvgIpc) is 2.87. The van der Waals surface area contributed by atoms with Crippen LogP contribution in [0.5, 0.6) is 0 Å². The quantitative estimate of drug-likeness (QED) is 0.769. The molecule has 1 aliphatic rings. The first-order valence-corrected chi connectivity index (χ1v) is 6.69. The summed E-state index contributed by atoms with van der Waals surface area (Å²) < 4.78 is 3.39. The van der Waals surface area contributed by atoms with Gasteiger partial charge in [-0.2, -0.15) is 0 Å². The Hall–Kier alpha value is -0.830. The molecule has 2 nitrogen and oxygen atoms in total. The molecule has 1 aliphatic carbocycles. The number of pyridine rings is 1. The lowest BCUT2D eigenvalue weighted by atomic mass is 10.1. The maximum absolute atomic E-state index is 4.76. The minimum atomic E-state index is 0.669. The van der Waals surface area contributed by atoms with Crippen LogP contribution in [0.15, 0.2) is 22.8 Å². The number of rotatable bonds is 1. The van der Waals surface area contributed by atoms with Crippen molar-refractivity contribution in [3.05, 3.63) is 34.3 Å². The zero-order valence-electron chi connectivity index (χ0n) is 9.41. The molecule has 0 N–H and O–H groups in total. The van der Waals surface area contributed by atoms with Crippen molar-refractivity contribution in [1.82, 2.24) is 9.38 Å². The number of aryl methyl sites for hydroxylation is 1. The van der Waals surface area contributed by atoms with E-state index in [-0.39, 0.29) is 0 Å². The van der Waals surface area contributed by atoms with Gasteiger partial charge in [0.05, 0.1) is 11.2 Å². The highest BCUT2D eigenvalue weighted by atomic mass is 79.9. The molecule has 0 atom stereocenters. The maximum Gasteiger partial charge on any atom is 0.116 e. The van der Waals surface area contributed by atoms with Gasteiger partial charge in [0.25, 0.3) is 0 Å². The van der Waals surface area contributed by atoms with Gasteiger partial charge in [0.2, 0.25) is 0 Å². The molecule has 3 heteroatoms. The third-order valence-corrected chi connectivity index (χ3v) is 4.03. The van der Waals surface area contributed by atoms with Crippen molar-refractivity contribution >= 4 is 21.4 Å². The predicted octanol–water partition coefficient (Wildman–Crippen LogP) is 4.06. The fourth-order valence-electron chi connectivity index (χ4n) is 2.71. The lowest BCUT2D eigenvalue weighted by Crippen LogP contribution is -1.99. The molecule has 0 saturated heterocycles. The van der Waals surface area contributed by atoms with Crippen molar-refractivity contribution in [2.75, 3.05) is 0 Å². The number of hydrogen-bond donors (Lipinski definition) is 0. The third-order valence-electron chi connectivity index (χ3n) is 3.54. The monoisotopic (exact) mass is 278 g/mol. The number of halogens is 1. The van der Waals surface area contributed by atoms with E-state index in [1.54, 1.807) is 0 Å². The summed E-state index contributed by atoms with van der Waals surface area (Å²) in [7, 11) is 0. The van der Waals surface area contributed by atoms with Gasteiger partial charge in [0.15, 0.2) is 0 Å². The highest BCUT2D eigenvalue weighted by molar-refractivity contribution is 9.10. The van der Waals surface area contributed by atoms with Crippen molar-refractivity contribution in [2.45, 2.75) is 38.5 Å². The molecule has 0 unspecified atom stereocenters. The minimum Gasteiger partial charge on any atom is -0.303 e. The van der Waals surface area contributed by atoms with Gasteiger partial charge in [0.1, 0.15) is 5.82 Å². The summed E-state index contributed by atoms with van der Waals surface area (Å²) in [6.07, 6.45) is 7.45. The maximum atomic E-state index is 4.76. The molecular formula is C13H15BrN2. The smallest absolute Gasteiger partial charge is 0.116 e. The van der Waals surface area contributed by atoms with E-state index in [1.165, 1.54) is 37.0 Å². The standard InChI is InChI=1S/C13H15BrN2/c1-9-12-8-11(14)6-7-16(12)13(15-9)10-4-2-3-5-10/h6-8,10H,2-5H2,1H3. The largest absolute Gasteiger partial charge is 0.303 e. The fourth-order valence-corrected chi connectivity index (χ4v) is 3.04. The molecule has 1 saturated carbocycles. The van der Waals surface area contributed by atoms with Crippen LogP contribution < -0.4 is 0 Å². The van der Waals surface area contributed by atoms with Crippen LogP contribution in [0.25, 0.3) is 5.52 Å². The molecule has 1 fully saturated rings. The van der Waals surface area contributed by atoms with Gasteiger partial charge in [-0.15, -0.1) is 0 Å².